The van der Waals surface area contributed by atoms with E-state index in [2.05, 4.69) is 268 Å². The van der Waals surface area contributed by atoms with Gasteiger partial charge >= 0.3 is 0 Å². The zero-order chi connectivity index (χ0) is 43.9. The van der Waals surface area contributed by atoms with Crippen molar-refractivity contribution in [3.63, 3.8) is 0 Å². The van der Waals surface area contributed by atoms with Crippen LogP contribution in [0.25, 0.3) is 105 Å². The molecule has 0 aliphatic heterocycles. The number of aromatic nitrogens is 1. The molecule has 11 aromatic rings. The summed E-state index contributed by atoms with van der Waals surface area (Å²) in [4.78, 5) is 0. The fourth-order valence-corrected chi connectivity index (χ4v) is 9.69. The van der Waals surface area contributed by atoms with Crippen molar-refractivity contribution in [3.05, 3.63) is 248 Å². The number of para-hydroxylation sites is 1. The largest absolute Gasteiger partial charge is 0.309 e. The van der Waals surface area contributed by atoms with E-state index in [-0.39, 0.29) is 5.41 Å². The molecule has 0 aliphatic rings. The van der Waals surface area contributed by atoms with E-state index in [1.165, 1.54) is 111 Å². The Bertz CT molecular complexity index is 3180. The molecular formula is C64H49N. The van der Waals surface area contributed by atoms with Gasteiger partial charge in [-0.25, -0.2) is 0 Å². The smallest absolute Gasteiger partial charge is 0.0541 e. The van der Waals surface area contributed by atoms with Crippen molar-refractivity contribution < 1.29 is 0 Å². The molecule has 0 spiro atoms. The van der Waals surface area contributed by atoms with Gasteiger partial charge in [0.25, 0.3) is 0 Å². The van der Waals surface area contributed by atoms with Crippen molar-refractivity contribution in [3.8, 4) is 83.6 Å². The van der Waals surface area contributed by atoms with Crippen LogP contribution in [-0.4, -0.2) is 4.57 Å². The van der Waals surface area contributed by atoms with E-state index in [1.807, 2.05) is 0 Å². The van der Waals surface area contributed by atoms with Crippen LogP contribution in [0.1, 0.15) is 26.3 Å². The van der Waals surface area contributed by atoms with Gasteiger partial charge in [0.1, 0.15) is 0 Å². The van der Waals surface area contributed by atoms with Gasteiger partial charge in [-0.1, -0.05) is 197 Å². The lowest BCUT2D eigenvalue weighted by Crippen LogP contribution is -2.13. The lowest BCUT2D eigenvalue weighted by Gasteiger charge is -2.24. The Hall–Kier alpha value is -8.00. The molecule has 0 fully saturated rings. The molecule has 1 aromatic heterocycles. The first kappa shape index (κ1) is 39.8. The third-order valence-corrected chi connectivity index (χ3v) is 12.9. The Morgan fingerprint density at radius 3 is 0.969 bits per heavy atom. The van der Waals surface area contributed by atoms with Crippen molar-refractivity contribution in [1.29, 1.82) is 0 Å². The first-order valence-corrected chi connectivity index (χ1v) is 22.7. The summed E-state index contributed by atoms with van der Waals surface area (Å²) < 4.78 is 2.50. The molecule has 0 radical (unpaired) electrons. The Morgan fingerprint density at radius 2 is 0.585 bits per heavy atom. The molecule has 11 rings (SSSR count). The van der Waals surface area contributed by atoms with E-state index in [0.29, 0.717) is 0 Å². The van der Waals surface area contributed by atoms with Crippen LogP contribution in [0.15, 0.2) is 243 Å². The fourth-order valence-electron chi connectivity index (χ4n) is 9.69. The van der Waals surface area contributed by atoms with Crippen molar-refractivity contribution in [1.82, 2.24) is 4.57 Å². The van der Waals surface area contributed by atoms with Gasteiger partial charge in [-0.05, 0) is 150 Å². The maximum Gasteiger partial charge on any atom is 0.0541 e. The third-order valence-electron chi connectivity index (χ3n) is 12.9. The Kier molecular flexibility index (Phi) is 10.2. The molecule has 0 amide bonds. The second-order valence-electron chi connectivity index (χ2n) is 18.2. The normalized spacial score (nSPS) is 11.6. The van der Waals surface area contributed by atoms with Crippen LogP contribution in [0.2, 0.25) is 0 Å². The monoisotopic (exact) mass is 831 g/mol. The van der Waals surface area contributed by atoms with Crippen LogP contribution >= 0.6 is 0 Å². The zero-order valence-electron chi connectivity index (χ0n) is 37.0. The number of fused-ring (bicyclic) bond motifs is 3. The first-order valence-electron chi connectivity index (χ1n) is 22.7. The number of nitrogens with zero attached hydrogens (tertiary/aromatic N) is 1. The third kappa shape index (κ3) is 7.66. The van der Waals surface area contributed by atoms with Gasteiger partial charge in [0.05, 0.1) is 16.7 Å². The second kappa shape index (κ2) is 16.6. The molecule has 0 saturated carbocycles. The Balaban J connectivity index is 1.17. The molecule has 310 valence electrons. The molecule has 10 aromatic carbocycles. The molecule has 0 bridgehead atoms. The quantitative estimate of drug-likeness (QED) is 0.144. The van der Waals surface area contributed by atoms with Gasteiger partial charge in [0, 0.05) is 16.3 Å². The molecule has 0 atom stereocenters. The summed E-state index contributed by atoms with van der Waals surface area (Å²) >= 11 is 0. The summed E-state index contributed by atoms with van der Waals surface area (Å²) in [5.41, 5.74) is 21.6. The van der Waals surface area contributed by atoms with Crippen LogP contribution in [-0.2, 0) is 5.41 Å². The number of hydrogen-bond acceptors (Lipinski definition) is 0. The van der Waals surface area contributed by atoms with E-state index < -0.39 is 0 Å². The lowest BCUT2D eigenvalue weighted by molar-refractivity contribution is 0.592. The van der Waals surface area contributed by atoms with E-state index in [1.54, 1.807) is 0 Å². The van der Waals surface area contributed by atoms with Crippen LogP contribution < -0.4 is 0 Å². The molecule has 0 N–H and O–H groups in total. The summed E-state index contributed by atoms with van der Waals surface area (Å²) in [5.74, 6) is 0. The summed E-state index contributed by atoms with van der Waals surface area (Å²) in [6.07, 6.45) is 0. The molecule has 1 nitrogen and oxygen atoms in total. The predicted octanol–water partition coefficient (Wildman–Crippen LogP) is 17.8. The summed E-state index contributed by atoms with van der Waals surface area (Å²) in [7, 11) is 0. The summed E-state index contributed by atoms with van der Waals surface area (Å²) in [6, 6.07) is 89.1. The summed E-state index contributed by atoms with van der Waals surface area (Å²) in [5, 5.41) is 2.43. The van der Waals surface area contributed by atoms with Crippen molar-refractivity contribution in [2.45, 2.75) is 26.2 Å². The minimum atomic E-state index is -0.0336. The van der Waals surface area contributed by atoms with Crippen LogP contribution in [0.5, 0.6) is 0 Å². The molecule has 1 heteroatoms. The molecule has 0 unspecified atom stereocenters. The molecule has 0 saturated heterocycles. The van der Waals surface area contributed by atoms with Crippen molar-refractivity contribution in [2.75, 3.05) is 0 Å². The minimum absolute atomic E-state index is 0.0336. The highest BCUT2D eigenvalue weighted by Gasteiger charge is 2.23. The van der Waals surface area contributed by atoms with Crippen LogP contribution in [0, 0.1) is 0 Å². The van der Waals surface area contributed by atoms with E-state index in [4.69, 9.17) is 0 Å². The average molecular weight is 832 g/mol. The van der Waals surface area contributed by atoms with Gasteiger partial charge in [-0.2, -0.15) is 0 Å². The van der Waals surface area contributed by atoms with E-state index >= 15 is 0 Å². The number of benzene rings is 10. The maximum atomic E-state index is 2.50. The van der Waals surface area contributed by atoms with Crippen molar-refractivity contribution in [2.24, 2.45) is 0 Å². The SMILES string of the molecule is CC(C)(C)c1ccccc1-c1ccccc1-n1c2ccc(-c3cc(-c4ccccc4)cc(-c4ccccc4)c3)cc2c2cc(-c3cc(-c4ccccc4)cc(-c4ccccc4)c3)ccc21. The Morgan fingerprint density at radius 1 is 0.262 bits per heavy atom. The highest BCUT2D eigenvalue weighted by atomic mass is 15.0. The van der Waals surface area contributed by atoms with Gasteiger partial charge in [0.2, 0.25) is 0 Å². The van der Waals surface area contributed by atoms with Gasteiger partial charge < -0.3 is 4.57 Å². The van der Waals surface area contributed by atoms with Crippen molar-refractivity contribution >= 4 is 21.8 Å². The molecular weight excluding hydrogens is 783 g/mol. The number of hydrogen-bond donors (Lipinski definition) is 0. The standard InChI is InChI=1S/C64H49N/c1-64(2,3)60-30-18-16-28-56(60)57-29-17-19-31-61(57)65-62-34-32-48(54-38-50(44-20-8-4-9-21-44)36-51(39-54)45-22-10-5-11-23-45)42-58(62)59-43-49(33-35-63(59)65)55-40-52(46-24-12-6-13-25-46)37-53(41-55)47-26-14-7-15-27-47/h4-43H,1-3H3. The molecule has 1 heterocycles. The van der Waals surface area contributed by atoms with Gasteiger partial charge in [-0.15, -0.1) is 0 Å². The van der Waals surface area contributed by atoms with E-state index in [9.17, 15) is 0 Å². The minimum Gasteiger partial charge on any atom is -0.309 e. The first-order chi connectivity index (χ1) is 31.9. The lowest BCUT2D eigenvalue weighted by atomic mass is 9.81. The Labute approximate surface area is 382 Å². The predicted molar refractivity (Wildman–Crippen MR) is 278 cm³/mol. The topological polar surface area (TPSA) is 4.93 Å². The average Bonchev–Trinajstić information content (AvgIpc) is 3.69. The molecule has 65 heavy (non-hydrogen) atoms. The van der Waals surface area contributed by atoms with Gasteiger partial charge in [0.15, 0.2) is 0 Å². The van der Waals surface area contributed by atoms with Crippen LogP contribution in [0.3, 0.4) is 0 Å². The number of rotatable bonds is 8. The highest BCUT2D eigenvalue weighted by Crippen LogP contribution is 2.43. The fraction of sp³-hybridized carbons (Fsp3) is 0.0625. The highest BCUT2D eigenvalue weighted by molar-refractivity contribution is 6.12. The maximum absolute atomic E-state index is 2.50. The molecule has 0 aliphatic carbocycles. The summed E-state index contributed by atoms with van der Waals surface area (Å²) in [6.45, 7) is 6.93. The zero-order valence-corrected chi connectivity index (χ0v) is 37.0. The van der Waals surface area contributed by atoms with E-state index in [0.717, 1.165) is 0 Å². The second-order valence-corrected chi connectivity index (χ2v) is 18.2. The van der Waals surface area contributed by atoms with Crippen LogP contribution in [0.4, 0.5) is 0 Å². The van der Waals surface area contributed by atoms with Gasteiger partial charge in [-0.3, -0.25) is 0 Å².